The molecule has 39 valence electrons. The summed E-state index contributed by atoms with van der Waals surface area (Å²) in [5.74, 6) is 0. The molecule has 0 saturated heterocycles. The Morgan fingerprint density at radius 1 is 1.62 bits per heavy atom. The maximum absolute atomic E-state index is 2.31. The molecule has 0 saturated carbocycles. The first-order valence-corrected chi connectivity index (χ1v) is 3.81. The average Bonchev–Trinajstić information content (AvgIpc) is 1.87. The molecule has 1 unspecified atom stereocenters. The largest absolute Gasteiger partial charge is 0.0811 e. The standard InChI is InChI=1S/C6H10Si.Li/c1-5-2-3-6(7)4-5;/h2-4,6H,1,7H3;. The van der Waals surface area contributed by atoms with Gasteiger partial charge in [-0.15, -0.1) is 0 Å². The second kappa shape index (κ2) is 3.35. The minimum atomic E-state index is 0. The van der Waals surface area contributed by atoms with Gasteiger partial charge in [-0.25, -0.2) is 0 Å². The van der Waals surface area contributed by atoms with Crippen LogP contribution in [0.3, 0.4) is 0 Å². The van der Waals surface area contributed by atoms with Gasteiger partial charge < -0.3 is 0 Å². The Morgan fingerprint density at radius 2 is 2.25 bits per heavy atom. The van der Waals surface area contributed by atoms with Crippen molar-refractivity contribution in [2.75, 3.05) is 0 Å². The van der Waals surface area contributed by atoms with Crippen LogP contribution in [0.5, 0.6) is 0 Å². The van der Waals surface area contributed by atoms with Crippen molar-refractivity contribution in [2.45, 2.75) is 12.5 Å². The summed E-state index contributed by atoms with van der Waals surface area (Å²) in [6.45, 7) is 2.15. The van der Waals surface area contributed by atoms with Crippen molar-refractivity contribution < 1.29 is 0 Å². The SMILES string of the molecule is CC1=CC([SiH3])C=C1.[Li]. The maximum atomic E-state index is 2.31. The van der Waals surface area contributed by atoms with E-state index in [1.54, 1.807) is 0 Å². The quantitative estimate of drug-likeness (QED) is 0.400. The van der Waals surface area contributed by atoms with E-state index >= 15 is 0 Å². The minimum Gasteiger partial charge on any atom is -0.0811 e. The predicted molar refractivity (Wildman–Crippen MR) is 42.3 cm³/mol. The molecule has 1 radical (unpaired) electrons. The van der Waals surface area contributed by atoms with E-state index in [0.717, 1.165) is 5.54 Å². The van der Waals surface area contributed by atoms with Gasteiger partial charge in [0, 0.05) is 29.1 Å². The van der Waals surface area contributed by atoms with Crippen molar-refractivity contribution in [3.8, 4) is 0 Å². The topological polar surface area (TPSA) is 0 Å². The summed E-state index contributed by atoms with van der Waals surface area (Å²) < 4.78 is 0. The van der Waals surface area contributed by atoms with Gasteiger partial charge in [0.25, 0.3) is 0 Å². The molecule has 0 nitrogen and oxygen atoms in total. The molecular formula is C6H10LiSi. The van der Waals surface area contributed by atoms with Gasteiger partial charge in [-0.05, 0) is 12.5 Å². The van der Waals surface area contributed by atoms with Crippen molar-refractivity contribution in [3.05, 3.63) is 23.8 Å². The van der Waals surface area contributed by atoms with Gasteiger partial charge in [0.2, 0.25) is 0 Å². The Balaban J connectivity index is 0.000000490. The number of rotatable bonds is 0. The molecule has 2 heteroatoms. The minimum absolute atomic E-state index is 0. The van der Waals surface area contributed by atoms with E-state index in [4.69, 9.17) is 0 Å². The summed E-state index contributed by atoms with van der Waals surface area (Å²) in [6, 6.07) is 0. The molecule has 1 rings (SSSR count). The fraction of sp³-hybridized carbons (Fsp3) is 0.333. The number of hydrogen-bond acceptors (Lipinski definition) is 0. The van der Waals surface area contributed by atoms with Crippen molar-refractivity contribution in [3.63, 3.8) is 0 Å². The van der Waals surface area contributed by atoms with E-state index in [0.29, 0.717) is 0 Å². The van der Waals surface area contributed by atoms with Crippen LogP contribution in [0.4, 0.5) is 0 Å². The summed E-state index contributed by atoms with van der Waals surface area (Å²) >= 11 is 0. The Bertz CT molecular complexity index is 126. The first-order valence-electron chi connectivity index (χ1n) is 2.65. The molecule has 1 aliphatic rings. The van der Waals surface area contributed by atoms with Crippen LogP contribution in [0, 0.1) is 0 Å². The van der Waals surface area contributed by atoms with Crippen molar-refractivity contribution in [2.24, 2.45) is 0 Å². The molecule has 1 atom stereocenters. The zero-order valence-corrected chi connectivity index (χ0v) is 7.81. The number of hydrogen-bond donors (Lipinski definition) is 0. The Morgan fingerprint density at radius 3 is 2.38 bits per heavy atom. The van der Waals surface area contributed by atoms with E-state index in [2.05, 4.69) is 25.2 Å². The maximum Gasteiger partial charge on any atom is 0.0163 e. The van der Waals surface area contributed by atoms with Crippen LogP contribution in [-0.4, -0.2) is 29.1 Å². The molecule has 0 aromatic heterocycles. The average molecular weight is 117 g/mol. The van der Waals surface area contributed by atoms with Crippen LogP contribution in [0.2, 0.25) is 5.54 Å². The van der Waals surface area contributed by atoms with Crippen LogP contribution >= 0.6 is 0 Å². The normalized spacial score (nSPS) is 25.1. The summed E-state index contributed by atoms with van der Waals surface area (Å²) in [4.78, 5) is 0. The van der Waals surface area contributed by atoms with Crippen molar-refractivity contribution in [1.82, 2.24) is 0 Å². The first kappa shape index (κ1) is 8.29. The predicted octanol–water partition coefficient (Wildman–Crippen LogP) is 0.276. The fourth-order valence-corrected chi connectivity index (χ4v) is 1.55. The van der Waals surface area contributed by atoms with E-state index < -0.39 is 0 Å². The third-order valence-corrected chi connectivity index (χ3v) is 1.91. The van der Waals surface area contributed by atoms with E-state index in [1.807, 2.05) is 0 Å². The zero-order valence-electron chi connectivity index (χ0n) is 5.81. The summed E-state index contributed by atoms with van der Waals surface area (Å²) in [5.41, 5.74) is 2.25. The number of allylic oxidation sites excluding steroid dienone is 4. The van der Waals surface area contributed by atoms with Gasteiger partial charge >= 0.3 is 0 Å². The Hall–Kier alpha value is 0.294. The molecule has 8 heavy (non-hydrogen) atoms. The van der Waals surface area contributed by atoms with E-state index in [-0.39, 0.29) is 18.9 Å². The Kier molecular flexibility index (Phi) is 3.47. The van der Waals surface area contributed by atoms with E-state index in [1.165, 1.54) is 15.8 Å². The van der Waals surface area contributed by atoms with E-state index in [9.17, 15) is 0 Å². The van der Waals surface area contributed by atoms with Gasteiger partial charge in [-0.2, -0.15) is 0 Å². The molecule has 0 amide bonds. The molecule has 0 aromatic rings. The second-order valence-corrected chi connectivity index (χ2v) is 3.46. The molecule has 0 fully saturated rings. The molecule has 0 N–H and O–H groups in total. The third kappa shape index (κ3) is 2.04. The van der Waals surface area contributed by atoms with Crippen LogP contribution in [0.15, 0.2) is 23.8 Å². The van der Waals surface area contributed by atoms with Crippen molar-refractivity contribution >= 4 is 29.1 Å². The van der Waals surface area contributed by atoms with Gasteiger partial charge in [0.1, 0.15) is 0 Å². The summed E-state index contributed by atoms with van der Waals surface area (Å²) in [6.07, 6.45) is 6.77. The fourth-order valence-electron chi connectivity index (χ4n) is 0.829. The third-order valence-electron chi connectivity index (χ3n) is 1.19. The molecule has 1 aliphatic carbocycles. The van der Waals surface area contributed by atoms with Gasteiger partial charge in [-0.3, -0.25) is 0 Å². The zero-order chi connectivity index (χ0) is 5.28. The van der Waals surface area contributed by atoms with Gasteiger partial charge in [0.05, 0.1) is 0 Å². The van der Waals surface area contributed by atoms with Crippen LogP contribution < -0.4 is 0 Å². The molecule has 0 spiro atoms. The van der Waals surface area contributed by atoms with Gasteiger partial charge in [0.15, 0.2) is 0 Å². The summed E-state index contributed by atoms with van der Waals surface area (Å²) in [5, 5.41) is 0. The molecule has 0 aliphatic heterocycles. The van der Waals surface area contributed by atoms with Gasteiger partial charge in [-0.1, -0.05) is 23.8 Å². The molecule has 0 heterocycles. The van der Waals surface area contributed by atoms with Crippen LogP contribution in [0.1, 0.15) is 6.92 Å². The monoisotopic (exact) mass is 117 g/mol. The van der Waals surface area contributed by atoms with Crippen molar-refractivity contribution in [1.29, 1.82) is 0 Å². The van der Waals surface area contributed by atoms with Crippen LogP contribution in [-0.2, 0) is 0 Å². The first-order chi connectivity index (χ1) is 3.29. The Labute approximate surface area is 65.6 Å². The smallest absolute Gasteiger partial charge is 0.0163 e. The molecule has 0 aromatic carbocycles. The molecular weight excluding hydrogens is 107 g/mol. The second-order valence-electron chi connectivity index (χ2n) is 2.13. The van der Waals surface area contributed by atoms with Crippen LogP contribution in [0.25, 0.3) is 0 Å². The summed E-state index contributed by atoms with van der Waals surface area (Å²) in [7, 11) is 1.28. The molecule has 0 bridgehead atoms.